The van der Waals surface area contributed by atoms with Crippen molar-refractivity contribution >= 4 is 33.2 Å². The Balaban J connectivity index is 1.24. The molecule has 2 aliphatic heterocycles. The summed E-state index contributed by atoms with van der Waals surface area (Å²) < 4.78 is 6.64. The van der Waals surface area contributed by atoms with Gasteiger partial charge in [-0.25, -0.2) is 0 Å². The lowest BCUT2D eigenvalue weighted by Crippen LogP contribution is -2.46. The minimum absolute atomic E-state index is 0.0566. The molecule has 1 N–H and O–H groups in total. The number of likely N-dealkylation sites (tertiary alicyclic amines) is 1. The van der Waals surface area contributed by atoms with E-state index >= 15 is 0 Å². The number of rotatable bonds is 7. The highest BCUT2D eigenvalue weighted by Crippen LogP contribution is 2.22. The van der Waals surface area contributed by atoms with E-state index in [-0.39, 0.29) is 17.7 Å². The Morgan fingerprint density at radius 3 is 2.93 bits per heavy atom. The highest BCUT2D eigenvalue weighted by atomic mass is 32.1. The summed E-state index contributed by atoms with van der Waals surface area (Å²) in [4.78, 5) is 29.2. The van der Waals surface area contributed by atoms with E-state index in [0.29, 0.717) is 25.9 Å². The average molecular weight is 416 g/mol. The summed E-state index contributed by atoms with van der Waals surface area (Å²) in [5.41, 5.74) is 1.11. The molecule has 0 unspecified atom stereocenters. The SMILES string of the molecule is O=C(NCc1ccc2sccc2c1)[C@H]1CCC(=O)N(CCCN2CCOCC2)C1. The number of thiophene rings is 1. The molecule has 3 heterocycles. The number of nitrogens with one attached hydrogen (secondary N) is 1. The summed E-state index contributed by atoms with van der Waals surface area (Å²) in [5, 5.41) is 6.38. The Labute approximate surface area is 175 Å². The lowest BCUT2D eigenvalue weighted by molar-refractivity contribution is -0.138. The van der Waals surface area contributed by atoms with Crippen LogP contribution in [0.4, 0.5) is 0 Å². The number of carbonyl (C=O) groups excluding carboxylic acids is 2. The van der Waals surface area contributed by atoms with Crippen molar-refractivity contribution in [3.8, 4) is 0 Å². The van der Waals surface area contributed by atoms with Crippen LogP contribution in [0.1, 0.15) is 24.8 Å². The molecule has 0 saturated carbocycles. The maximum Gasteiger partial charge on any atom is 0.225 e. The van der Waals surface area contributed by atoms with Crippen molar-refractivity contribution in [2.75, 3.05) is 45.9 Å². The quantitative estimate of drug-likeness (QED) is 0.755. The molecule has 2 fully saturated rings. The zero-order chi connectivity index (χ0) is 20.1. The molecule has 1 aromatic carbocycles. The summed E-state index contributed by atoms with van der Waals surface area (Å²) >= 11 is 1.72. The Morgan fingerprint density at radius 1 is 1.21 bits per heavy atom. The minimum atomic E-state index is -0.110. The molecule has 7 heteroatoms. The van der Waals surface area contributed by atoms with Gasteiger partial charge in [0, 0.05) is 50.4 Å². The van der Waals surface area contributed by atoms with Crippen LogP contribution in [0.15, 0.2) is 29.6 Å². The van der Waals surface area contributed by atoms with E-state index < -0.39 is 0 Å². The van der Waals surface area contributed by atoms with E-state index in [1.165, 1.54) is 10.1 Å². The van der Waals surface area contributed by atoms with Gasteiger partial charge in [-0.05, 0) is 47.4 Å². The van der Waals surface area contributed by atoms with Gasteiger partial charge >= 0.3 is 0 Å². The van der Waals surface area contributed by atoms with Gasteiger partial charge < -0.3 is 15.0 Å². The fraction of sp³-hybridized carbons (Fsp3) is 0.545. The molecule has 2 aromatic rings. The Bertz CT molecular complexity index is 847. The Hall–Kier alpha value is -1.96. The predicted molar refractivity (Wildman–Crippen MR) is 115 cm³/mol. The molecule has 0 spiro atoms. The standard InChI is InChI=1S/C22H29N3O3S/c26-21-5-3-19(16-25(21)8-1-7-24-9-11-28-12-10-24)22(27)23-15-17-2-4-20-18(14-17)6-13-29-20/h2,4,6,13-14,19H,1,3,5,7-12,15-16H2,(H,23,27)/t19-/m0/s1. The molecule has 2 aliphatic rings. The van der Waals surface area contributed by atoms with E-state index in [1.807, 2.05) is 4.90 Å². The molecular weight excluding hydrogens is 386 g/mol. The smallest absolute Gasteiger partial charge is 0.225 e. The molecule has 1 atom stereocenters. The van der Waals surface area contributed by atoms with Gasteiger partial charge in [0.25, 0.3) is 0 Å². The number of fused-ring (bicyclic) bond motifs is 1. The van der Waals surface area contributed by atoms with Crippen LogP contribution in [0, 0.1) is 5.92 Å². The van der Waals surface area contributed by atoms with Gasteiger partial charge in [-0.1, -0.05) is 6.07 Å². The minimum Gasteiger partial charge on any atom is -0.379 e. The maximum absolute atomic E-state index is 12.7. The van der Waals surface area contributed by atoms with Gasteiger partial charge in [0.15, 0.2) is 0 Å². The molecular formula is C22H29N3O3S. The summed E-state index contributed by atoms with van der Waals surface area (Å²) in [7, 11) is 0. The largest absolute Gasteiger partial charge is 0.379 e. The first-order valence-corrected chi connectivity index (χ1v) is 11.4. The Kier molecular flexibility index (Phi) is 6.79. The third-order valence-electron chi connectivity index (χ3n) is 5.86. The van der Waals surface area contributed by atoms with Crippen LogP contribution >= 0.6 is 11.3 Å². The van der Waals surface area contributed by atoms with Crippen LogP contribution in [-0.2, 0) is 20.9 Å². The maximum atomic E-state index is 12.7. The zero-order valence-electron chi connectivity index (χ0n) is 16.8. The monoisotopic (exact) mass is 415 g/mol. The lowest BCUT2D eigenvalue weighted by atomic mass is 9.96. The van der Waals surface area contributed by atoms with Crippen molar-refractivity contribution in [1.82, 2.24) is 15.1 Å². The van der Waals surface area contributed by atoms with Gasteiger partial charge in [0.1, 0.15) is 0 Å². The fourth-order valence-electron chi connectivity index (χ4n) is 4.11. The first-order chi connectivity index (χ1) is 14.2. The number of hydrogen-bond donors (Lipinski definition) is 1. The molecule has 2 amide bonds. The van der Waals surface area contributed by atoms with Crippen LogP contribution in [-0.4, -0.2) is 67.6 Å². The van der Waals surface area contributed by atoms with Crippen LogP contribution in [0.25, 0.3) is 10.1 Å². The number of amides is 2. The molecule has 0 radical (unpaired) electrons. The van der Waals surface area contributed by atoms with Crippen molar-refractivity contribution < 1.29 is 14.3 Å². The fourth-order valence-corrected chi connectivity index (χ4v) is 4.89. The van der Waals surface area contributed by atoms with Crippen molar-refractivity contribution in [3.05, 3.63) is 35.2 Å². The van der Waals surface area contributed by atoms with Gasteiger partial charge in [0.2, 0.25) is 11.8 Å². The van der Waals surface area contributed by atoms with Crippen molar-refractivity contribution in [2.24, 2.45) is 5.92 Å². The molecule has 2 saturated heterocycles. The van der Waals surface area contributed by atoms with E-state index in [9.17, 15) is 9.59 Å². The number of carbonyl (C=O) groups is 2. The van der Waals surface area contributed by atoms with E-state index in [1.54, 1.807) is 11.3 Å². The molecule has 29 heavy (non-hydrogen) atoms. The van der Waals surface area contributed by atoms with Crippen molar-refractivity contribution in [2.45, 2.75) is 25.8 Å². The van der Waals surface area contributed by atoms with E-state index in [2.05, 4.69) is 39.9 Å². The second-order valence-corrected chi connectivity index (χ2v) is 8.84. The van der Waals surface area contributed by atoms with Gasteiger partial charge in [-0.15, -0.1) is 11.3 Å². The number of piperidine rings is 1. The highest BCUT2D eigenvalue weighted by molar-refractivity contribution is 7.17. The van der Waals surface area contributed by atoms with Crippen LogP contribution in [0.5, 0.6) is 0 Å². The molecule has 4 rings (SSSR count). The second-order valence-electron chi connectivity index (χ2n) is 7.89. The second kappa shape index (κ2) is 9.69. The molecule has 156 valence electrons. The topological polar surface area (TPSA) is 61.9 Å². The van der Waals surface area contributed by atoms with Gasteiger partial charge in [0.05, 0.1) is 19.1 Å². The third-order valence-corrected chi connectivity index (χ3v) is 6.76. The summed E-state index contributed by atoms with van der Waals surface area (Å²) in [6.45, 7) is 6.31. The average Bonchev–Trinajstić information content (AvgIpc) is 3.22. The highest BCUT2D eigenvalue weighted by Gasteiger charge is 2.29. The molecule has 0 aliphatic carbocycles. The number of ether oxygens (including phenoxy) is 1. The zero-order valence-corrected chi connectivity index (χ0v) is 17.6. The first-order valence-electron chi connectivity index (χ1n) is 10.5. The van der Waals surface area contributed by atoms with E-state index in [0.717, 1.165) is 51.4 Å². The van der Waals surface area contributed by atoms with Crippen LogP contribution in [0.3, 0.4) is 0 Å². The number of benzene rings is 1. The number of nitrogens with zero attached hydrogens (tertiary/aromatic N) is 2. The van der Waals surface area contributed by atoms with Crippen LogP contribution < -0.4 is 5.32 Å². The number of morpholine rings is 1. The van der Waals surface area contributed by atoms with E-state index in [4.69, 9.17) is 4.74 Å². The molecule has 6 nitrogen and oxygen atoms in total. The molecule has 0 bridgehead atoms. The summed E-state index contributed by atoms with van der Waals surface area (Å²) in [6, 6.07) is 8.42. The summed E-state index contributed by atoms with van der Waals surface area (Å²) in [5.74, 6) is 0.126. The normalized spacial score (nSPS) is 20.9. The first kappa shape index (κ1) is 20.3. The third kappa shape index (κ3) is 5.35. The molecule has 1 aromatic heterocycles. The van der Waals surface area contributed by atoms with Crippen LogP contribution in [0.2, 0.25) is 0 Å². The van der Waals surface area contributed by atoms with Crippen molar-refractivity contribution in [1.29, 1.82) is 0 Å². The van der Waals surface area contributed by atoms with Crippen molar-refractivity contribution in [3.63, 3.8) is 0 Å². The lowest BCUT2D eigenvalue weighted by Gasteiger charge is -2.33. The van der Waals surface area contributed by atoms with Gasteiger partial charge in [-0.2, -0.15) is 0 Å². The van der Waals surface area contributed by atoms with Gasteiger partial charge in [-0.3, -0.25) is 14.5 Å². The Morgan fingerprint density at radius 2 is 2.07 bits per heavy atom. The predicted octanol–water partition coefficient (Wildman–Crippen LogP) is 2.48. The summed E-state index contributed by atoms with van der Waals surface area (Å²) in [6.07, 6.45) is 2.06. The number of hydrogen-bond acceptors (Lipinski definition) is 5.